The highest BCUT2D eigenvalue weighted by atomic mass is 32.1. The van der Waals surface area contributed by atoms with Gasteiger partial charge in [0.2, 0.25) is 5.91 Å². The molecule has 0 aliphatic carbocycles. The lowest BCUT2D eigenvalue weighted by Crippen LogP contribution is -2.33. The Labute approximate surface area is 144 Å². The first-order chi connectivity index (χ1) is 11.8. The van der Waals surface area contributed by atoms with Gasteiger partial charge in [0.1, 0.15) is 6.54 Å². The summed E-state index contributed by atoms with van der Waals surface area (Å²) < 4.78 is 1.78. The summed E-state index contributed by atoms with van der Waals surface area (Å²) in [5.74, 6) is 0.130. The average Bonchev–Trinajstić information content (AvgIpc) is 3.36. The smallest absolute Gasteiger partial charge is 0.244 e. The Morgan fingerprint density at radius 1 is 1.21 bits per heavy atom. The van der Waals surface area contributed by atoms with Crippen LogP contribution in [0.25, 0.3) is 11.3 Å². The maximum Gasteiger partial charge on any atom is 0.244 e. The lowest BCUT2D eigenvalue weighted by molar-refractivity contribution is -0.132. The highest BCUT2D eigenvalue weighted by Crippen LogP contribution is 2.34. The van der Waals surface area contributed by atoms with E-state index in [4.69, 9.17) is 0 Å². The quantitative estimate of drug-likeness (QED) is 0.733. The van der Waals surface area contributed by atoms with Crippen LogP contribution in [0.4, 0.5) is 0 Å². The van der Waals surface area contributed by atoms with Crippen molar-refractivity contribution < 1.29 is 4.79 Å². The molecule has 1 amide bonds. The number of nitrogens with zero attached hydrogens (tertiary/aromatic N) is 4. The lowest BCUT2D eigenvalue weighted by Gasteiger charge is -2.24. The zero-order chi connectivity index (χ0) is 16.4. The van der Waals surface area contributed by atoms with E-state index in [2.05, 4.69) is 27.6 Å². The molecule has 0 aromatic carbocycles. The number of amides is 1. The van der Waals surface area contributed by atoms with Gasteiger partial charge in [-0.25, -0.2) is 0 Å². The minimum Gasteiger partial charge on any atom is -0.333 e. The number of rotatable bonds is 4. The topological polar surface area (TPSA) is 51.0 Å². The molecule has 0 radical (unpaired) electrons. The van der Waals surface area contributed by atoms with Crippen LogP contribution in [-0.2, 0) is 11.3 Å². The van der Waals surface area contributed by atoms with Crippen molar-refractivity contribution in [3.05, 3.63) is 59.2 Å². The number of aromatic nitrogens is 3. The Hall–Kier alpha value is -2.47. The van der Waals surface area contributed by atoms with E-state index < -0.39 is 0 Å². The Kier molecular flexibility index (Phi) is 4.13. The standard InChI is InChI=1S/C18H18N4OS/c23-18(21-11-1-3-16(21)17-4-2-12-24-17)13-22-15(7-10-20-22)14-5-8-19-9-6-14/h2,4-10,12,16H,1,3,11,13H2/t16-/m1/s1. The molecule has 1 saturated heterocycles. The molecule has 0 unspecified atom stereocenters. The molecular weight excluding hydrogens is 320 g/mol. The molecule has 0 saturated carbocycles. The number of carbonyl (C=O) groups excluding carboxylic acids is 1. The van der Waals surface area contributed by atoms with Crippen molar-refractivity contribution in [3.8, 4) is 11.3 Å². The number of hydrogen-bond donors (Lipinski definition) is 0. The fourth-order valence-electron chi connectivity index (χ4n) is 3.29. The second-order valence-electron chi connectivity index (χ2n) is 5.87. The molecule has 3 aromatic heterocycles. The molecule has 6 heteroatoms. The maximum absolute atomic E-state index is 12.9. The van der Waals surface area contributed by atoms with E-state index in [1.54, 1.807) is 34.6 Å². The number of thiophene rings is 1. The number of pyridine rings is 1. The fourth-order valence-corrected chi connectivity index (χ4v) is 4.16. The lowest BCUT2D eigenvalue weighted by atomic mass is 10.2. The molecule has 1 aliphatic heterocycles. The van der Waals surface area contributed by atoms with Crippen molar-refractivity contribution in [2.45, 2.75) is 25.4 Å². The Bertz CT molecular complexity index is 813. The molecule has 4 heterocycles. The van der Waals surface area contributed by atoms with E-state index in [0.717, 1.165) is 30.6 Å². The van der Waals surface area contributed by atoms with Crippen molar-refractivity contribution in [3.63, 3.8) is 0 Å². The Morgan fingerprint density at radius 2 is 2.08 bits per heavy atom. The molecule has 1 aliphatic rings. The molecule has 1 atom stereocenters. The minimum absolute atomic E-state index is 0.130. The van der Waals surface area contributed by atoms with E-state index in [1.165, 1.54) is 4.88 Å². The van der Waals surface area contributed by atoms with E-state index in [0.29, 0.717) is 0 Å². The van der Waals surface area contributed by atoms with Gasteiger partial charge in [0.05, 0.1) is 11.7 Å². The van der Waals surface area contributed by atoms with Gasteiger partial charge in [-0.1, -0.05) is 6.07 Å². The van der Waals surface area contributed by atoms with Gasteiger partial charge in [0.15, 0.2) is 0 Å². The van der Waals surface area contributed by atoms with Crippen molar-refractivity contribution in [2.75, 3.05) is 6.54 Å². The highest BCUT2D eigenvalue weighted by Gasteiger charge is 2.30. The van der Waals surface area contributed by atoms with Crippen LogP contribution in [-0.4, -0.2) is 32.1 Å². The zero-order valence-electron chi connectivity index (χ0n) is 13.2. The summed E-state index contributed by atoms with van der Waals surface area (Å²) in [6.45, 7) is 1.10. The van der Waals surface area contributed by atoms with Crippen molar-refractivity contribution in [1.82, 2.24) is 19.7 Å². The molecule has 0 N–H and O–H groups in total. The average molecular weight is 338 g/mol. The van der Waals surface area contributed by atoms with E-state index >= 15 is 0 Å². The SMILES string of the molecule is O=C(Cn1nccc1-c1ccncc1)N1CCC[C@@H]1c1cccs1. The zero-order valence-corrected chi connectivity index (χ0v) is 14.0. The first-order valence-corrected chi connectivity index (χ1v) is 8.96. The highest BCUT2D eigenvalue weighted by molar-refractivity contribution is 7.10. The molecule has 5 nitrogen and oxygen atoms in total. The van der Waals surface area contributed by atoms with Crippen LogP contribution in [0.3, 0.4) is 0 Å². The van der Waals surface area contributed by atoms with Crippen LogP contribution < -0.4 is 0 Å². The van der Waals surface area contributed by atoms with Crippen LogP contribution in [0.15, 0.2) is 54.3 Å². The molecule has 0 spiro atoms. The molecular formula is C18H18N4OS. The molecule has 122 valence electrons. The third-order valence-electron chi connectivity index (χ3n) is 4.42. The third kappa shape index (κ3) is 2.85. The van der Waals surface area contributed by atoms with Crippen LogP contribution in [0, 0.1) is 0 Å². The van der Waals surface area contributed by atoms with Gasteiger partial charge in [-0.2, -0.15) is 5.10 Å². The molecule has 1 fully saturated rings. The van der Waals surface area contributed by atoms with Crippen LogP contribution >= 0.6 is 11.3 Å². The van der Waals surface area contributed by atoms with E-state index in [1.807, 2.05) is 23.1 Å². The summed E-state index contributed by atoms with van der Waals surface area (Å²) in [4.78, 5) is 20.2. The largest absolute Gasteiger partial charge is 0.333 e. The van der Waals surface area contributed by atoms with Gasteiger partial charge in [0.25, 0.3) is 0 Å². The third-order valence-corrected chi connectivity index (χ3v) is 5.40. The van der Waals surface area contributed by atoms with Gasteiger partial charge in [-0.15, -0.1) is 11.3 Å². The Balaban J connectivity index is 1.54. The van der Waals surface area contributed by atoms with Crippen molar-refractivity contribution in [2.24, 2.45) is 0 Å². The monoisotopic (exact) mass is 338 g/mol. The summed E-state index contributed by atoms with van der Waals surface area (Å²) in [6.07, 6.45) is 7.35. The number of carbonyl (C=O) groups is 1. The normalized spacial score (nSPS) is 17.3. The summed E-state index contributed by atoms with van der Waals surface area (Å²) in [6, 6.07) is 10.2. The van der Waals surface area contributed by atoms with Crippen LogP contribution in [0.1, 0.15) is 23.8 Å². The van der Waals surface area contributed by atoms with Gasteiger partial charge < -0.3 is 4.90 Å². The second-order valence-corrected chi connectivity index (χ2v) is 6.85. The van der Waals surface area contributed by atoms with Gasteiger partial charge >= 0.3 is 0 Å². The minimum atomic E-state index is 0.130. The summed E-state index contributed by atoms with van der Waals surface area (Å²) in [5, 5.41) is 6.42. The molecule has 4 rings (SSSR count). The summed E-state index contributed by atoms with van der Waals surface area (Å²) >= 11 is 1.73. The van der Waals surface area contributed by atoms with Crippen LogP contribution in [0.5, 0.6) is 0 Å². The predicted molar refractivity (Wildman–Crippen MR) is 93.5 cm³/mol. The number of likely N-dealkylation sites (tertiary alicyclic amines) is 1. The number of hydrogen-bond acceptors (Lipinski definition) is 4. The summed E-state index contributed by atoms with van der Waals surface area (Å²) in [5.41, 5.74) is 1.96. The maximum atomic E-state index is 12.9. The first-order valence-electron chi connectivity index (χ1n) is 8.08. The summed E-state index contributed by atoms with van der Waals surface area (Å²) in [7, 11) is 0. The Morgan fingerprint density at radius 3 is 2.88 bits per heavy atom. The van der Waals surface area contributed by atoms with E-state index in [9.17, 15) is 4.79 Å². The fraction of sp³-hybridized carbons (Fsp3) is 0.278. The van der Waals surface area contributed by atoms with Crippen molar-refractivity contribution >= 4 is 17.2 Å². The van der Waals surface area contributed by atoms with Gasteiger partial charge in [-0.05, 0) is 42.5 Å². The molecule has 0 bridgehead atoms. The van der Waals surface area contributed by atoms with Crippen LogP contribution in [0.2, 0.25) is 0 Å². The second kappa shape index (κ2) is 6.57. The molecule has 24 heavy (non-hydrogen) atoms. The first kappa shape index (κ1) is 15.1. The predicted octanol–water partition coefficient (Wildman–Crippen LogP) is 3.37. The van der Waals surface area contributed by atoms with Gasteiger partial charge in [-0.3, -0.25) is 14.5 Å². The van der Waals surface area contributed by atoms with Gasteiger partial charge in [0, 0.05) is 35.6 Å². The molecule has 3 aromatic rings. The van der Waals surface area contributed by atoms with Crippen molar-refractivity contribution in [1.29, 1.82) is 0 Å². The van der Waals surface area contributed by atoms with E-state index in [-0.39, 0.29) is 18.5 Å².